The van der Waals surface area contributed by atoms with Crippen molar-refractivity contribution in [3.8, 4) is 0 Å². The average Bonchev–Trinajstić information content (AvgIpc) is 2.55. The molecule has 2 aromatic heterocycles. The molecule has 0 unspecified atom stereocenters. The first kappa shape index (κ1) is 10.8. The van der Waals surface area contributed by atoms with Gasteiger partial charge in [-0.15, -0.1) is 5.10 Å². The van der Waals surface area contributed by atoms with E-state index >= 15 is 0 Å². The summed E-state index contributed by atoms with van der Waals surface area (Å²) in [5.41, 5.74) is -0.289. The highest BCUT2D eigenvalue weighted by molar-refractivity contribution is 5.43. The first-order valence-electron chi connectivity index (χ1n) is 4.92. The van der Waals surface area contributed by atoms with Gasteiger partial charge in [0, 0.05) is 6.54 Å². The largest absolute Gasteiger partial charge is 0.389 e. The van der Waals surface area contributed by atoms with Crippen LogP contribution in [0.2, 0.25) is 0 Å². The molecule has 0 saturated carbocycles. The van der Waals surface area contributed by atoms with Crippen LogP contribution in [0.15, 0.2) is 18.3 Å². The summed E-state index contributed by atoms with van der Waals surface area (Å²) < 4.78 is 14.2. The van der Waals surface area contributed by atoms with Gasteiger partial charge in [0.1, 0.15) is 5.82 Å². The molecule has 0 radical (unpaired) electrons. The Kier molecular flexibility index (Phi) is 2.51. The minimum absolute atomic E-state index is 0.326. The summed E-state index contributed by atoms with van der Waals surface area (Å²) in [6.45, 7) is 3.68. The van der Waals surface area contributed by atoms with Gasteiger partial charge in [0.05, 0.1) is 11.8 Å². The predicted octanol–water partition coefficient (Wildman–Crippen LogP) is 1.05. The number of anilines is 1. The molecule has 2 N–H and O–H groups in total. The monoisotopic (exact) mass is 224 g/mol. The van der Waals surface area contributed by atoms with E-state index in [4.69, 9.17) is 0 Å². The summed E-state index contributed by atoms with van der Waals surface area (Å²) in [7, 11) is 0. The Labute approximate surface area is 91.9 Å². The van der Waals surface area contributed by atoms with Crippen LogP contribution in [-0.2, 0) is 0 Å². The number of hydrogen-bond donors (Lipinski definition) is 2. The fourth-order valence-electron chi connectivity index (χ4n) is 1.23. The third-order valence-corrected chi connectivity index (χ3v) is 1.97. The van der Waals surface area contributed by atoms with E-state index in [0.29, 0.717) is 18.1 Å². The molecule has 5 nitrogen and oxygen atoms in total. The molecule has 0 atom stereocenters. The van der Waals surface area contributed by atoms with Crippen LogP contribution >= 0.6 is 0 Å². The van der Waals surface area contributed by atoms with Crippen molar-refractivity contribution in [2.24, 2.45) is 0 Å². The zero-order chi connectivity index (χ0) is 11.8. The maximum atomic E-state index is 12.9. The van der Waals surface area contributed by atoms with Crippen molar-refractivity contribution in [3.63, 3.8) is 0 Å². The van der Waals surface area contributed by atoms with Crippen molar-refractivity contribution in [3.05, 3.63) is 24.1 Å². The van der Waals surface area contributed by atoms with Crippen LogP contribution < -0.4 is 5.32 Å². The van der Waals surface area contributed by atoms with E-state index in [1.807, 2.05) is 0 Å². The molecule has 0 saturated heterocycles. The molecule has 2 aromatic rings. The molecule has 0 aliphatic heterocycles. The topological polar surface area (TPSA) is 62.5 Å². The van der Waals surface area contributed by atoms with Crippen molar-refractivity contribution < 1.29 is 9.50 Å². The van der Waals surface area contributed by atoms with Crippen LogP contribution in [0.25, 0.3) is 5.65 Å². The summed E-state index contributed by atoms with van der Waals surface area (Å²) in [5, 5.41) is 16.4. The van der Waals surface area contributed by atoms with E-state index in [9.17, 15) is 9.50 Å². The summed E-state index contributed by atoms with van der Waals surface area (Å²) in [4.78, 5) is 4.12. The summed E-state index contributed by atoms with van der Waals surface area (Å²) >= 11 is 0. The Morgan fingerprint density at radius 3 is 2.94 bits per heavy atom. The minimum atomic E-state index is -0.845. The number of hydrogen-bond acceptors (Lipinski definition) is 4. The molecule has 0 aromatic carbocycles. The lowest BCUT2D eigenvalue weighted by molar-refractivity contribution is 0.0943. The molecule has 0 spiro atoms. The SMILES string of the molecule is CC(C)(O)CNc1nc2ccc(F)cn2n1. The quantitative estimate of drug-likeness (QED) is 0.818. The fourth-order valence-corrected chi connectivity index (χ4v) is 1.23. The molecule has 86 valence electrons. The first-order valence-corrected chi connectivity index (χ1v) is 4.92. The lowest BCUT2D eigenvalue weighted by atomic mass is 10.1. The molecular formula is C10H13FN4O. The maximum Gasteiger partial charge on any atom is 0.243 e. The highest BCUT2D eigenvalue weighted by atomic mass is 19.1. The Bertz CT molecular complexity index is 503. The Morgan fingerprint density at radius 1 is 1.50 bits per heavy atom. The van der Waals surface area contributed by atoms with Crippen LogP contribution in [0.3, 0.4) is 0 Å². The van der Waals surface area contributed by atoms with Crippen LogP contribution in [-0.4, -0.2) is 31.9 Å². The molecule has 16 heavy (non-hydrogen) atoms. The highest BCUT2D eigenvalue weighted by Gasteiger charge is 2.13. The standard InChI is InChI=1S/C10H13FN4O/c1-10(2,16)6-12-9-13-8-4-3-7(11)5-15(8)14-9/h3-5,16H,6H2,1-2H3,(H,12,14). The predicted molar refractivity (Wildman–Crippen MR) is 57.7 cm³/mol. The van der Waals surface area contributed by atoms with Crippen LogP contribution in [0.1, 0.15) is 13.8 Å². The minimum Gasteiger partial charge on any atom is -0.389 e. The van der Waals surface area contributed by atoms with Gasteiger partial charge >= 0.3 is 0 Å². The fraction of sp³-hybridized carbons (Fsp3) is 0.400. The smallest absolute Gasteiger partial charge is 0.243 e. The van der Waals surface area contributed by atoms with Crippen molar-refractivity contribution in [2.75, 3.05) is 11.9 Å². The zero-order valence-corrected chi connectivity index (χ0v) is 9.11. The van der Waals surface area contributed by atoms with E-state index in [1.165, 1.54) is 22.8 Å². The molecule has 0 fully saturated rings. The van der Waals surface area contributed by atoms with Crippen molar-refractivity contribution in [1.82, 2.24) is 14.6 Å². The molecule has 0 aliphatic rings. The van der Waals surface area contributed by atoms with Crippen molar-refractivity contribution in [1.29, 1.82) is 0 Å². The molecule has 2 rings (SSSR count). The van der Waals surface area contributed by atoms with Crippen LogP contribution in [0, 0.1) is 5.82 Å². The second-order valence-electron chi connectivity index (χ2n) is 4.25. The summed E-state index contributed by atoms with van der Waals surface area (Å²) in [5.74, 6) is -0.000775. The van der Waals surface area contributed by atoms with E-state index in [1.54, 1.807) is 13.8 Å². The van der Waals surface area contributed by atoms with Crippen LogP contribution in [0.5, 0.6) is 0 Å². The van der Waals surface area contributed by atoms with E-state index in [0.717, 1.165) is 0 Å². The third-order valence-electron chi connectivity index (χ3n) is 1.97. The summed E-state index contributed by atoms with van der Waals surface area (Å²) in [6, 6.07) is 2.86. The Hall–Kier alpha value is -1.69. The third kappa shape index (κ3) is 2.46. The molecule has 0 aliphatic carbocycles. The van der Waals surface area contributed by atoms with Gasteiger partial charge in [-0.25, -0.2) is 8.91 Å². The van der Waals surface area contributed by atoms with Gasteiger partial charge in [-0.05, 0) is 26.0 Å². The number of nitrogens with zero attached hydrogens (tertiary/aromatic N) is 3. The molecule has 6 heteroatoms. The van der Waals surface area contributed by atoms with E-state index < -0.39 is 5.60 Å². The van der Waals surface area contributed by atoms with Gasteiger partial charge in [0.2, 0.25) is 5.95 Å². The number of rotatable bonds is 3. The van der Waals surface area contributed by atoms with Gasteiger partial charge in [0.15, 0.2) is 5.65 Å². The normalized spacial score (nSPS) is 12.0. The van der Waals surface area contributed by atoms with Crippen LogP contribution in [0.4, 0.5) is 10.3 Å². The van der Waals surface area contributed by atoms with Crippen molar-refractivity contribution in [2.45, 2.75) is 19.4 Å². The number of pyridine rings is 1. The lowest BCUT2D eigenvalue weighted by Crippen LogP contribution is -2.29. The second kappa shape index (κ2) is 3.71. The first-order chi connectivity index (χ1) is 7.44. The number of fused-ring (bicyclic) bond motifs is 1. The number of aliphatic hydroxyl groups is 1. The lowest BCUT2D eigenvalue weighted by Gasteiger charge is -2.16. The van der Waals surface area contributed by atoms with E-state index in [-0.39, 0.29) is 5.82 Å². The molecule has 0 amide bonds. The van der Waals surface area contributed by atoms with E-state index in [2.05, 4.69) is 15.4 Å². The summed E-state index contributed by atoms with van der Waals surface area (Å²) in [6.07, 6.45) is 1.25. The van der Waals surface area contributed by atoms with Crippen molar-refractivity contribution >= 4 is 11.6 Å². The maximum absolute atomic E-state index is 12.9. The average molecular weight is 224 g/mol. The van der Waals surface area contributed by atoms with Gasteiger partial charge in [-0.1, -0.05) is 0 Å². The van der Waals surface area contributed by atoms with Gasteiger partial charge in [-0.3, -0.25) is 0 Å². The molecule has 0 bridgehead atoms. The van der Waals surface area contributed by atoms with Gasteiger partial charge in [0.25, 0.3) is 0 Å². The Morgan fingerprint density at radius 2 is 2.25 bits per heavy atom. The second-order valence-corrected chi connectivity index (χ2v) is 4.25. The van der Waals surface area contributed by atoms with Gasteiger partial charge < -0.3 is 10.4 Å². The number of nitrogens with one attached hydrogen (secondary N) is 1. The zero-order valence-electron chi connectivity index (χ0n) is 9.11. The highest BCUT2D eigenvalue weighted by Crippen LogP contribution is 2.08. The number of aromatic nitrogens is 3. The number of halogens is 1. The molecule has 2 heterocycles. The van der Waals surface area contributed by atoms with Gasteiger partial charge in [-0.2, -0.15) is 4.98 Å². The molecular weight excluding hydrogens is 211 g/mol. The Balaban J connectivity index is 2.20.